The highest BCUT2D eigenvalue weighted by Crippen LogP contribution is 2.28. The van der Waals surface area contributed by atoms with Crippen molar-refractivity contribution in [3.63, 3.8) is 0 Å². The van der Waals surface area contributed by atoms with Gasteiger partial charge in [0.15, 0.2) is 11.5 Å². The Morgan fingerprint density at radius 1 is 1.13 bits per heavy atom. The molecule has 1 N–H and O–H groups in total. The van der Waals surface area contributed by atoms with Crippen molar-refractivity contribution in [3.05, 3.63) is 35.9 Å². The van der Waals surface area contributed by atoms with Crippen LogP contribution in [0.5, 0.6) is 11.5 Å². The summed E-state index contributed by atoms with van der Waals surface area (Å²) in [5.41, 5.74) is 0.840. The van der Waals surface area contributed by atoms with E-state index in [9.17, 15) is 14.7 Å². The van der Waals surface area contributed by atoms with E-state index in [1.165, 1.54) is 0 Å². The summed E-state index contributed by atoms with van der Waals surface area (Å²) >= 11 is 0. The number of hydrogen-bond donors (Lipinski definition) is 1. The number of ether oxygens (including phenoxy) is 2. The third-order valence-corrected chi connectivity index (χ3v) is 3.99. The molecule has 1 amide bonds. The molecule has 0 spiro atoms. The summed E-state index contributed by atoms with van der Waals surface area (Å²) in [6.45, 7) is 0.291. The Hall–Kier alpha value is -2.50. The van der Waals surface area contributed by atoms with Crippen molar-refractivity contribution in [2.24, 2.45) is 11.8 Å². The molecule has 0 saturated heterocycles. The summed E-state index contributed by atoms with van der Waals surface area (Å²) in [7, 11) is 3.09. The summed E-state index contributed by atoms with van der Waals surface area (Å²) < 4.78 is 10.4. The van der Waals surface area contributed by atoms with Gasteiger partial charge in [0, 0.05) is 24.3 Å². The number of rotatable bonds is 6. The van der Waals surface area contributed by atoms with Crippen LogP contribution in [-0.4, -0.2) is 26.1 Å². The summed E-state index contributed by atoms with van der Waals surface area (Å²) in [4.78, 5) is 23.4. The lowest BCUT2D eigenvalue weighted by Gasteiger charge is -2.28. The number of carbonyl (C=O) groups excluding carboxylic acids is 2. The van der Waals surface area contributed by atoms with Gasteiger partial charge in [-0.3, -0.25) is 4.79 Å². The van der Waals surface area contributed by atoms with Crippen LogP contribution in [0.1, 0.15) is 18.4 Å². The Morgan fingerprint density at radius 3 is 2.39 bits per heavy atom. The van der Waals surface area contributed by atoms with Crippen LogP contribution in [0.2, 0.25) is 0 Å². The van der Waals surface area contributed by atoms with Gasteiger partial charge in [0.2, 0.25) is 5.91 Å². The van der Waals surface area contributed by atoms with Crippen LogP contribution in [0.25, 0.3) is 0 Å². The maximum atomic E-state index is 12.3. The zero-order valence-electron chi connectivity index (χ0n) is 13.2. The highest BCUT2D eigenvalue weighted by atomic mass is 16.5. The lowest BCUT2D eigenvalue weighted by molar-refractivity contribution is -0.313. The Balaban J connectivity index is 2.01. The first-order chi connectivity index (χ1) is 11.1. The van der Waals surface area contributed by atoms with Gasteiger partial charge in [-0.1, -0.05) is 18.2 Å². The first-order valence-corrected chi connectivity index (χ1v) is 7.41. The van der Waals surface area contributed by atoms with E-state index in [1.54, 1.807) is 32.4 Å². The van der Waals surface area contributed by atoms with E-state index in [1.807, 2.05) is 12.1 Å². The fourth-order valence-corrected chi connectivity index (χ4v) is 2.68. The second-order valence-electron chi connectivity index (χ2n) is 5.38. The minimum Gasteiger partial charge on any atom is -0.550 e. The highest BCUT2D eigenvalue weighted by Gasteiger charge is 2.29. The van der Waals surface area contributed by atoms with Gasteiger partial charge in [0.25, 0.3) is 0 Å². The van der Waals surface area contributed by atoms with Gasteiger partial charge in [-0.25, -0.2) is 0 Å². The minimum absolute atomic E-state index is 0.279. The van der Waals surface area contributed by atoms with E-state index < -0.39 is 17.8 Å². The molecule has 1 aromatic rings. The van der Waals surface area contributed by atoms with Gasteiger partial charge in [-0.05, 0) is 30.5 Å². The number of hydrogen-bond acceptors (Lipinski definition) is 5. The van der Waals surface area contributed by atoms with Crippen LogP contribution in [-0.2, 0) is 16.1 Å². The molecule has 124 valence electrons. The van der Waals surface area contributed by atoms with Gasteiger partial charge in [-0.2, -0.15) is 0 Å². The molecule has 2 rings (SSSR count). The molecule has 1 aliphatic rings. The molecule has 1 aliphatic carbocycles. The minimum atomic E-state index is -1.18. The van der Waals surface area contributed by atoms with E-state index in [0.717, 1.165) is 5.56 Å². The number of methoxy groups -OCH3 is 2. The van der Waals surface area contributed by atoms with Crippen LogP contribution in [0, 0.1) is 11.8 Å². The topological polar surface area (TPSA) is 87.7 Å². The predicted octanol–water partition coefficient (Wildman–Crippen LogP) is 0.652. The number of aliphatic carboxylic acids is 1. The largest absolute Gasteiger partial charge is 0.550 e. The van der Waals surface area contributed by atoms with Gasteiger partial charge in [0.1, 0.15) is 0 Å². The average molecular weight is 318 g/mol. The third-order valence-electron chi connectivity index (χ3n) is 3.99. The standard InChI is InChI=1S/C17H21NO5/c1-22-14-8-7-11(9-15(14)23-2)10-18-16(19)12-5-3-4-6-13(12)17(20)21/h3-4,7-9,12-13H,5-6,10H2,1-2H3,(H,18,19)(H,20,21)/p-1/t12-,13+/m1/s1. The summed E-state index contributed by atoms with van der Waals surface area (Å²) in [6, 6.07) is 5.35. The van der Waals surface area contributed by atoms with E-state index in [-0.39, 0.29) is 5.91 Å². The van der Waals surface area contributed by atoms with E-state index in [4.69, 9.17) is 9.47 Å². The number of allylic oxidation sites excluding steroid dienone is 2. The molecular formula is C17H20NO5-. The van der Waals surface area contributed by atoms with Crippen molar-refractivity contribution in [2.75, 3.05) is 14.2 Å². The summed E-state index contributed by atoms with van der Waals surface area (Å²) in [6.07, 6.45) is 4.35. The SMILES string of the molecule is COc1ccc(CNC(=O)[C@@H]2CC=CC[C@@H]2C(=O)[O-])cc1OC. The molecule has 6 heteroatoms. The van der Waals surface area contributed by atoms with Crippen LogP contribution >= 0.6 is 0 Å². The van der Waals surface area contributed by atoms with Crippen LogP contribution in [0.4, 0.5) is 0 Å². The molecule has 0 unspecified atom stereocenters. The van der Waals surface area contributed by atoms with Gasteiger partial charge >= 0.3 is 0 Å². The number of carboxylic acids is 1. The summed E-state index contributed by atoms with van der Waals surface area (Å²) in [5.74, 6) is -1.64. The normalized spacial score (nSPS) is 19.9. The molecular weight excluding hydrogens is 298 g/mol. The highest BCUT2D eigenvalue weighted by molar-refractivity contribution is 5.84. The molecule has 0 aromatic heterocycles. The third kappa shape index (κ3) is 4.03. The molecule has 1 aromatic carbocycles. The lowest BCUT2D eigenvalue weighted by atomic mass is 9.82. The predicted molar refractivity (Wildman–Crippen MR) is 81.8 cm³/mol. The number of nitrogens with one attached hydrogen (secondary N) is 1. The number of carboxylic acid groups (broad SMARTS) is 1. The van der Waals surface area contributed by atoms with Gasteiger partial charge in [-0.15, -0.1) is 0 Å². The van der Waals surface area contributed by atoms with Crippen molar-refractivity contribution >= 4 is 11.9 Å². The number of amides is 1. The zero-order chi connectivity index (χ0) is 16.8. The van der Waals surface area contributed by atoms with Gasteiger partial charge in [0.05, 0.1) is 14.2 Å². The van der Waals surface area contributed by atoms with Crippen molar-refractivity contribution in [1.82, 2.24) is 5.32 Å². The zero-order valence-corrected chi connectivity index (χ0v) is 13.2. The van der Waals surface area contributed by atoms with Crippen LogP contribution < -0.4 is 19.9 Å². The second-order valence-corrected chi connectivity index (χ2v) is 5.38. The number of benzene rings is 1. The fraction of sp³-hybridized carbons (Fsp3) is 0.412. The van der Waals surface area contributed by atoms with Crippen LogP contribution in [0.15, 0.2) is 30.4 Å². The molecule has 0 radical (unpaired) electrons. The lowest BCUT2D eigenvalue weighted by Crippen LogP contribution is -2.43. The molecule has 0 saturated carbocycles. The average Bonchev–Trinajstić information content (AvgIpc) is 2.59. The molecule has 6 nitrogen and oxygen atoms in total. The maximum Gasteiger partial charge on any atom is 0.224 e. The van der Waals surface area contributed by atoms with Crippen molar-refractivity contribution in [2.45, 2.75) is 19.4 Å². The molecule has 0 heterocycles. The Morgan fingerprint density at radius 2 is 1.78 bits per heavy atom. The Labute approximate surface area is 135 Å². The van der Waals surface area contributed by atoms with E-state index >= 15 is 0 Å². The summed E-state index contributed by atoms with van der Waals surface area (Å²) in [5, 5.41) is 13.9. The maximum absolute atomic E-state index is 12.3. The molecule has 23 heavy (non-hydrogen) atoms. The Bertz CT molecular complexity index is 611. The molecule has 2 atom stereocenters. The first-order valence-electron chi connectivity index (χ1n) is 7.41. The second kappa shape index (κ2) is 7.67. The molecule has 0 aliphatic heterocycles. The molecule has 0 bridgehead atoms. The number of carbonyl (C=O) groups is 2. The first kappa shape index (κ1) is 16.9. The van der Waals surface area contributed by atoms with Crippen molar-refractivity contribution in [1.29, 1.82) is 0 Å². The molecule has 0 fully saturated rings. The quantitative estimate of drug-likeness (QED) is 0.778. The monoisotopic (exact) mass is 318 g/mol. The van der Waals surface area contributed by atoms with Crippen molar-refractivity contribution < 1.29 is 24.2 Å². The van der Waals surface area contributed by atoms with Gasteiger partial charge < -0.3 is 24.7 Å². The van der Waals surface area contributed by atoms with Crippen LogP contribution in [0.3, 0.4) is 0 Å². The fourth-order valence-electron chi connectivity index (χ4n) is 2.68. The van der Waals surface area contributed by atoms with E-state index in [0.29, 0.717) is 30.9 Å². The Kier molecular flexibility index (Phi) is 5.62. The van der Waals surface area contributed by atoms with E-state index in [2.05, 4.69) is 5.32 Å². The van der Waals surface area contributed by atoms with Crippen molar-refractivity contribution in [3.8, 4) is 11.5 Å². The smallest absolute Gasteiger partial charge is 0.224 e.